The topological polar surface area (TPSA) is 255 Å². The highest BCUT2D eigenvalue weighted by molar-refractivity contribution is 8.13. The molecule has 5 aromatic rings. The fourth-order valence-corrected chi connectivity index (χ4v) is 12.2. The fourth-order valence-electron chi connectivity index (χ4n) is 11.6. The predicted octanol–water partition coefficient (Wildman–Crippen LogP) is 27.7. The Hall–Kier alpha value is -7.98. The van der Waals surface area contributed by atoms with Gasteiger partial charge in [-0.05, 0) is 337 Å². The zero-order valence-corrected chi connectivity index (χ0v) is 95.8. The van der Waals surface area contributed by atoms with Gasteiger partial charge in [0, 0.05) is 80.7 Å². The molecule has 24 nitrogen and oxygen atoms in total. The van der Waals surface area contributed by atoms with Crippen LogP contribution in [0.4, 0.5) is 15.3 Å². The van der Waals surface area contributed by atoms with Gasteiger partial charge in [0.15, 0.2) is 6.29 Å². The van der Waals surface area contributed by atoms with E-state index in [1.54, 1.807) is 55.2 Å². The maximum absolute atomic E-state index is 12.2. The number of likely N-dealkylation sites (N-methyl/N-ethyl adjacent to an activating group) is 4. The molecular formula is C115H193N5O19S. The van der Waals surface area contributed by atoms with Crippen LogP contribution in [0.3, 0.4) is 0 Å². The molecule has 0 radical (unpaired) electrons. The molecule has 0 aromatic heterocycles. The first-order chi connectivity index (χ1) is 62.7. The normalized spacial score (nSPS) is 15.4. The Labute approximate surface area is 853 Å². The van der Waals surface area contributed by atoms with Crippen LogP contribution < -0.4 is 19.5 Å². The maximum atomic E-state index is 12.2. The SMILES string of the molecule is C.CC(C)(C)OC1CCCC1OC(=O)C(C)(C)C.CC(C)(C)OC1OC(C(C)(C)C)c2ccccc21.CC(C)(C)OCc1ccc(NC(=O)C(C)(C)C)cc1.CC(C)(C)OCc1ccc(OC(=O)C(C)(C)C)cc1.CC(C)(C)OCc1ccc(OC(C)(C)C)cc1.CN(CCN(C)C(=O)C(C)(C)C)C(=O)Oc1ccc(COC(C)(C)C)cc1.CN(CCN(C)C(C)(C)C)C(=O)SCCOC(=O)C(C)(C)C. The first kappa shape index (κ1) is 132. The van der Waals surface area contributed by atoms with E-state index in [1.165, 1.54) is 33.4 Å². The van der Waals surface area contributed by atoms with Crippen LogP contribution in [0.1, 0.15) is 363 Å². The average Bonchev–Trinajstić information content (AvgIpc) is 1.62. The van der Waals surface area contributed by atoms with Gasteiger partial charge in [0.25, 0.3) is 5.24 Å². The van der Waals surface area contributed by atoms with Crippen LogP contribution in [-0.2, 0) is 93.0 Å². The van der Waals surface area contributed by atoms with E-state index in [1.807, 2.05) is 287 Å². The number of benzene rings is 5. The van der Waals surface area contributed by atoms with E-state index in [9.17, 15) is 33.6 Å². The molecule has 140 heavy (non-hydrogen) atoms. The second-order valence-electron chi connectivity index (χ2n) is 50.0. The molecule has 2 aliphatic rings. The lowest BCUT2D eigenvalue weighted by Gasteiger charge is -2.33. The molecule has 1 heterocycles. The number of esters is 3. The minimum absolute atomic E-state index is 0. The summed E-state index contributed by atoms with van der Waals surface area (Å²) < 4.78 is 68.1. The summed E-state index contributed by atoms with van der Waals surface area (Å²) in [4.78, 5) is 90.4. The van der Waals surface area contributed by atoms with Crippen molar-refractivity contribution in [2.75, 3.05) is 72.0 Å². The molecule has 1 N–H and O–H groups in total. The molecule has 4 unspecified atom stereocenters. The Bertz CT molecular complexity index is 4380. The van der Waals surface area contributed by atoms with Crippen molar-refractivity contribution < 1.29 is 90.4 Å². The molecule has 4 atom stereocenters. The van der Waals surface area contributed by atoms with Gasteiger partial charge in [-0.25, -0.2) is 4.79 Å². The molecule has 0 spiro atoms. The molecule has 7 rings (SSSR count). The first-order valence-electron chi connectivity index (χ1n) is 49.1. The molecule has 0 saturated heterocycles. The molecule has 1 aliphatic heterocycles. The third kappa shape index (κ3) is 59.3. The second-order valence-corrected chi connectivity index (χ2v) is 51.1. The van der Waals surface area contributed by atoms with Crippen LogP contribution in [0.25, 0.3) is 0 Å². The van der Waals surface area contributed by atoms with Gasteiger partial charge in [0.1, 0.15) is 35.6 Å². The van der Waals surface area contributed by atoms with Crippen molar-refractivity contribution in [1.82, 2.24) is 19.6 Å². The number of carbonyl (C=O) groups excluding carboxylic acids is 7. The number of ether oxygens (including phenoxy) is 12. The standard InChI is InChI=1S/C21H34N2O4.C16H32N2O3S.C16H25NO2.C16H24O3.C16H24O2.C15H24O2.C14H26O3.CH4/c1-20(2,3)18(24)22(7)13-14-23(8)19(25)27-17-11-9-16(10-12-17)15-26-21(4,5)6;1-15(2,3)13(19)21-11-12-22-14(20)17(7)9-10-18(8)16(4,5)6;1-15(2,3)14(18)17-13-9-7-12(8-10-13)11-19-16(4,5)6;1-15(2,3)14(17)19-13-9-7-12(8-10-13)11-18-16(4,5)6;1-15(2,3)13-11-9-7-8-10-12(11)14(17-13)18-16(4,5)6;1-14(2,3)16-11-12-7-9-13(10-8-12)17-15(4,5)6;1-13(2,3)12(15)16-10-8-7-9-11(10)17-14(4,5)6;/h9-12H,13-15H2,1-8H3;9-12H2,1-8H3;7-10H,11H2,1-6H3,(H,17,18);7-10H,11H2,1-6H3;7-10,13-14H,1-6H3;7-10H,11H2,1-6H3;10-11H,7-9H2,1-6H3;1H4. The van der Waals surface area contributed by atoms with E-state index < -0.39 is 27.8 Å². The summed E-state index contributed by atoms with van der Waals surface area (Å²) in [7, 11) is 7.25. The highest BCUT2D eigenvalue weighted by Crippen LogP contribution is 2.49. The summed E-state index contributed by atoms with van der Waals surface area (Å²) in [5, 5.41) is 2.91. The van der Waals surface area contributed by atoms with Gasteiger partial charge in [-0.15, -0.1) is 0 Å². The molecule has 5 aromatic carbocycles. The third-order valence-electron chi connectivity index (χ3n) is 20.1. The van der Waals surface area contributed by atoms with Crippen LogP contribution >= 0.6 is 11.8 Å². The molecule has 1 saturated carbocycles. The van der Waals surface area contributed by atoms with E-state index in [0.29, 0.717) is 63.3 Å². The van der Waals surface area contributed by atoms with Crippen LogP contribution in [0.15, 0.2) is 121 Å². The Morgan fingerprint density at radius 2 is 0.750 bits per heavy atom. The Balaban J connectivity index is 0.00000162. The second kappa shape index (κ2) is 56.5. The van der Waals surface area contributed by atoms with Crippen molar-refractivity contribution in [2.24, 2.45) is 32.5 Å². The van der Waals surface area contributed by atoms with Crippen LogP contribution in [0.2, 0.25) is 0 Å². The zero-order valence-electron chi connectivity index (χ0n) is 95.0. The van der Waals surface area contributed by atoms with Gasteiger partial charge in [0.2, 0.25) is 11.8 Å². The van der Waals surface area contributed by atoms with Crippen molar-refractivity contribution in [3.05, 3.63) is 155 Å². The van der Waals surface area contributed by atoms with E-state index in [2.05, 4.69) is 119 Å². The molecular weight excluding hydrogens is 1790 g/mol. The molecule has 1 aliphatic carbocycles. The Morgan fingerprint density at radius 1 is 0.379 bits per heavy atom. The van der Waals surface area contributed by atoms with Crippen molar-refractivity contribution in [2.45, 2.75) is 413 Å². The minimum Gasteiger partial charge on any atom is -0.488 e. The van der Waals surface area contributed by atoms with E-state index >= 15 is 0 Å². The lowest BCUT2D eigenvalue weighted by molar-refractivity contribution is -0.222. The number of nitrogens with one attached hydrogen (secondary N) is 1. The smallest absolute Gasteiger partial charge is 0.415 e. The van der Waals surface area contributed by atoms with Crippen molar-refractivity contribution in [3.8, 4) is 17.2 Å². The number of nitrogens with zero attached hydrogens (tertiary/aromatic N) is 4. The fraction of sp³-hybridized carbons (Fsp3) is 0.678. The summed E-state index contributed by atoms with van der Waals surface area (Å²) in [5.41, 5.74) is 4.40. The molecule has 25 heteroatoms. The Morgan fingerprint density at radius 3 is 1.11 bits per heavy atom. The molecule has 0 bridgehead atoms. The maximum Gasteiger partial charge on any atom is 0.415 e. The average molecular weight is 1980 g/mol. The van der Waals surface area contributed by atoms with Crippen molar-refractivity contribution in [1.29, 1.82) is 0 Å². The van der Waals surface area contributed by atoms with E-state index in [0.717, 1.165) is 53.9 Å². The van der Waals surface area contributed by atoms with Gasteiger partial charge in [-0.3, -0.25) is 33.7 Å². The van der Waals surface area contributed by atoms with Crippen LogP contribution in [0, 0.1) is 32.5 Å². The molecule has 4 amide bonds. The lowest BCUT2D eigenvalue weighted by atomic mass is 9.84. The number of anilines is 1. The number of thioether (sulfide) groups is 1. The quantitative estimate of drug-likeness (QED) is 0.0342. The van der Waals surface area contributed by atoms with E-state index in [4.69, 9.17) is 56.8 Å². The van der Waals surface area contributed by atoms with E-state index in [-0.39, 0.29) is 129 Å². The number of fused-ring (bicyclic) bond motifs is 1. The highest BCUT2D eigenvalue weighted by atomic mass is 32.2. The number of rotatable bonds is 24. The van der Waals surface area contributed by atoms with Crippen LogP contribution in [0.5, 0.6) is 17.2 Å². The van der Waals surface area contributed by atoms with Gasteiger partial charge < -0.3 is 76.9 Å². The highest BCUT2D eigenvalue weighted by Gasteiger charge is 2.42. The largest absolute Gasteiger partial charge is 0.488 e. The zero-order chi connectivity index (χ0) is 108. The summed E-state index contributed by atoms with van der Waals surface area (Å²) in [6, 6.07) is 38.9. The monoisotopic (exact) mass is 1980 g/mol. The van der Waals surface area contributed by atoms with Gasteiger partial charge in [-0.1, -0.05) is 154 Å². The van der Waals surface area contributed by atoms with Crippen molar-refractivity contribution >= 4 is 58.5 Å². The summed E-state index contributed by atoms with van der Waals surface area (Å²) in [6.07, 6.45) is 2.36. The van der Waals surface area contributed by atoms with Crippen LogP contribution in [-0.4, -0.2) is 184 Å². The number of hydrogen-bond acceptors (Lipinski definition) is 21. The number of amides is 4. The van der Waals surface area contributed by atoms with Gasteiger partial charge >= 0.3 is 24.0 Å². The Kier molecular flexibility index (Phi) is 53.3. The van der Waals surface area contributed by atoms with Crippen molar-refractivity contribution in [3.63, 3.8) is 0 Å². The number of carbonyl (C=O) groups is 7. The molecule has 1 fully saturated rings. The minimum atomic E-state index is -0.497. The number of hydrogen-bond donors (Lipinski definition) is 1. The lowest BCUT2D eigenvalue weighted by Crippen LogP contribution is -2.42. The first-order valence-corrected chi connectivity index (χ1v) is 50.1. The third-order valence-corrected chi connectivity index (χ3v) is 21.0. The van der Waals surface area contributed by atoms with Gasteiger partial charge in [-0.2, -0.15) is 0 Å². The van der Waals surface area contributed by atoms with Gasteiger partial charge in [0.05, 0.1) is 88.5 Å². The summed E-state index contributed by atoms with van der Waals surface area (Å²) in [5.74, 6) is 1.89. The summed E-state index contributed by atoms with van der Waals surface area (Å²) >= 11 is 1.19. The molecule has 798 valence electrons. The summed E-state index contributed by atoms with van der Waals surface area (Å²) in [6.45, 7) is 88.6. The predicted molar refractivity (Wildman–Crippen MR) is 574 cm³/mol.